The van der Waals surface area contributed by atoms with Crippen LogP contribution in [-0.4, -0.2) is 13.8 Å². The minimum Gasteiger partial charge on any atom is -0.477 e. The number of nitrogens with one attached hydrogen (secondary N) is 2. The van der Waals surface area contributed by atoms with E-state index in [1.807, 2.05) is 19.2 Å². The second-order valence-electron chi connectivity index (χ2n) is 4.49. The second kappa shape index (κ2) is 5.14. The summed E-state index contributed by atoms with van der Waals surface area (Å²) >= 11 is 0. The van der Waals surface area contributed by atoms with Crippen molar-refractivity contribution in [3.8, 4) is 5.75 Å². The fourth-order valence-electron chi connectivity index (χ4n) is 1.24. The van der Waals surface area contributed by atoms with Gasteiger partial charge in [-0.1, -0.05) is 32.9 Å². The van der Waals surface area contributed by atoms with Crippen molar-refractivity contribution >= 4 is 0 Å². The molecule has 0 radical (unpaired) electrons. The van der Waals surface area contributed by atoms with Crippen molar-refractivity contribution in [3.63, 3.8) is 0 Å². The molecule has 3 heteroatoms. The van der Waals surface area contributed by atoms with Crippen molar-refractivity contribution in [3.05, 3.63) is 29.8 Å². The van der Waals surface area contributed by atoms with Crippen molar-refractivity contribution in [1.29, 1.82) is 0 Å². The molecule has 3 nitrogen and oxygen atoms in total. The van der Waals surface area contributed by atoms with E-state index in [2.05, 4.69) is 43.8 Å². The summed E-state index contributed by atoms with van der Waals surface area (Å²) in [6.45, 7) is 7.06. The van der Waals surface area contributed by atoms with Gasteiger partial charge in [-0.2, -0.15) is 0 Å². The van der Waals surface area contributed by atoms with Crippen LogP contribution in [0, 0.1) is 0 Å². The van der Waals surface area contributed by atoms with Crippen LogP contribution in [0.15, 0.2) is 24.3 Å². The van der Waals surface area contributed by atoms with Crippen LogP contribution in [0.5, 0.6) is 5.75 Å². The fraction of sp³-hybridized carbons (Fsp3) is 0.500. The van der Waals surface area contributed by atoms with E-state index in [4.69, 9.17) is 4.74 Å². The second-order valence-corrected chi connectivity index (χ2v) is 4.49. The van der Waals surface area contributed by atoms with Crippen LogP contribution in [0.25, 0.3) is 0 Å². The summed E-state index contributed by atoms with van der Waals surface area (Å²) in [7, 11) is 1.81. The zero-order valence-corrected chi connectivity index (χ0v) is 9.92. The Balaban J connectivity index is 2.57. The first-order chi connectivity index (χ1) is 7.04. The van der Waals surface area contributed by atoms with Gasteiger partial charge in [-0.15, -0.1) is 0 Å². The summed E-state index contributed by atoms with van der Waals surface area (Å²) in [5.41, 5.74) is 7.18. The molecule has 2 N–H and O–H groups in total. The van der Waals surface area contributed by atoms with Gasteiger partial charge in [-0.25, -0.2) is 5.43 Å². The predicted octanol–water partition coefficient (Wildman–Crippen LogP) is 2.04. The summed E-state index contributed by atoms with van der Waals surface area (Å²) in [5.74, 6) is 0.880. The molecule has 0 aliphatic heterocycles. The molecule has 1 rings (SSSR count). The highest BCUT2D eigenvalue weighted by Crippen LogP contribution is 2.23. The van der Waals surface area contributed by atoms with Gasteiger partial charge in [0.1, 0.15) is 5.75 Å². The van der Waals surface area contributed by atoms with Crippen LogP contribution >= 0.6 is 0 Å². The van der Waals surface area contributed by atoms with Crippen molar-refractivity contribution in [2.75, 3.05) is 13.8 Å². The lowest BCUT2D eigenvalue weighted by Gasteiger charge is -2.19. The summed E-state index contributed by atoms with van der Waals surface area (Å²) in [4.78, 5) is 0. The number of hydrazine groups is 1. The lowest BCUT2D eigenvalue weighted by molar-refractivity contribution is 0.267. The monoisotopic (exact) mass is 208 g/mol. The van der Waals surface area contributed by atoms with Crippen molar-refractivity contribution in [2.45, 2.75) is 26.2 Å². The van der Waals surface area contributed by atoms with E-state index in [0.717, 1.165) is 5.75 Å². The molecular formula is C12H20N2O. The quantitative estimate of drug-likeness (QED) is 0.451. The average Bonchev–Trinajstić information content (AvgIpc) is 2.18. The van der Waals surface area contributed by atoms with E-state index in [0.29, 0.717) is 6.73 Å². The van der Waals surface area contributed by atoms with Crippen LogP contribution in [0.1, 0.15) is 26.3 Å². The molecule has 0 bridgehead atoms. The molecule has 0 amide bonds. The summed E-state index contributed by atoms with van der Waals surface area (Å²) in [6.07, 6.45) is 0. The van der Waals surface area contributed by atoms with E-state index in [1.165, 1.54) is 5.56 Å². The molecule has 84 valence electrons. The van der Waals surface area contributed by atoms with Crippen molar-refractivity contribution in [2.24, 2.45) is 0 Å². The smallest absolute Gasteiger partial charge is 0.151 e. The molecule has 0 fully saturated rings. The van der Waals surface area contributed by atoms with Gasteiger partial charge in [0, 0.05) is 0 Å². The van der Waals surface area contributed by atoms with Gasteiger partial charge in [-0.05, 0) is 30.2 Å². The Labute approximate surface area is 91.8 Å². The number of benzene rings is 1. The maximum absolute atomic E-state index is 5.44. The van der Waals surface area contributed by atoms with Gasteiger partial charge in [0.05, 0.1) is 0 Å². The lowest BCUT2D eigenvalue weighted by Crippen LogP contribution is -2.31. The van der Waals surface area contributed by atoms with Crippen molar-refractivity contribution < 1.29 is 4.74 Å². The molecule has 0 aromatic heterocycles. The third-order valence-corrected chi connectivity index (χ3v) is 2.21. The van der Waals surface area contributed by atoms with Gasteiger partial charge in [0.2, 0.25) is 0 Å². The van der Waals surface area contributed by atoms with Gasteiger partial charge in [-0.3, -0.25) is 5.43 Å². The number of hydrogen-bond donors (Lipinski definition) is 2. The van der Waals surface area contributed by atoms with E-state index in [9.17, 15) is 0 Å². The lowest BCUT2D eigenvalue weighted by atomic mass is 9.87. The summed E-state index contributed by atoms with van der Waals surface area (Å²) < 4.78 is 5.44. The van der Waals surface area contributed by atoms with Crippen LogP contribution in [-0.2, 0) is 5.41 Å². The Morgan fingerprint density at radius 1 is 1.13 bits per heavy atom. The van der Waals surface area contributed by atoms with E-state index >= 15 is 0 Å². The third kappa shape index (κ3) is 3.90. The normalized spacial score (nSPS) is 11.5. The van der Waals surface area contributed by atoms with Crippen LogP contribution < -0.4 is 15.6 Å². The van der Waals surface area contributed by atoms with E-state index < -0.39 is 0 Å². The Kier molecular flexibility index (Phi) is 4.12. The summed E-state index contributed by atoms with van der Waals surface area (Å²) in [6, 6.07) is 8.21. The van der Waals surface area contributed by atoms with E-state index in [-0.39, 0.29) is 5.41 Å². The SMILES string of the molecule is CNNCOc1ccc(C(C)(C)C)cc1. The zero-order chi connectivity index (χ0) is 11.3. The Bertz CT molecular complexity index is 287. The molecule has 0 saturated heterocycles. The van der Waals surface area contributed by atoms with Crippen LogP contribution in [0.2, 0.25) is 0 Å². The molecule has 1 aromatic carbocycles. The van der Waals surface area contributed by atoms with Gasteiger partial charge in [0.25, 0.3) is 0 Å². The largest absolute Gasteiger partial charge is 0.477 e. The first-order valence-electron chi connectivity index (χ1n) is 5.17. The van der Waals surface area contributed by atoms with Gasteiger partial charge >= 0.3 is 0 Å². The maximum atomic E-state index is 5.44. The molecule has 0 aliphatic rings. The molecule has 0 unspecified atom stereocenters. The molecule has 15 heavy (non-hydrogen) atoms. The highest BCUT2D eigenvalue weighted by molar-refractivity contribution is 5.30. The van der Waals surface area contributed by atoms with Gasteiger partial charge < -0.3 is 4.74 Å². The highest BCUT2D eigenvalue weighted by atomic mass is 16.5. The first kappa shape index (κ1) is 12.0. The maximum Gasteiger partial charge on any atom is 0.151 e. The molecule has 0 atom stereocenters. The minimum atomic E-state index is 0.196. The number of hydrogen-bond acceptors (Lipinski definition) is 3. The first-order valence-corrected chi connectivity index (χ1v) is 5.17. The molecule has 0 saturated carbocycles. The molecule has 0 aliphatic carbocycles. The molecular weight excluding hydrogens is 188 g/mol. The number of rotatable bonds is 4. The number of ether oxygens (including phenoxy) is 1. The summed E-state index contributed by atoms with van der Waals surface area (Å²) in [5, 5.41) is 0. The predicted molar refractivity (Wildman–Crippen MR) is 62.8 cm³/mol. The highest BCUT2D eigenvalue weighted by Gasteiger charge is 2.12. The van der Waals surface area contributed by atoms with Crippen LogP contribution in [0.4, 0.5) is 0 Å². The Hall–Kier alpha value is -1.06. The van der Waals surface area contributed by atoms with Crippen molar-refractivity contribution in [1.82, 2.24) is 10.9 Å². The Morgan fingerprint density at radius 3 is 2.20 bits per heavy atom. The third-order valence-electron chi connectivity index (χ3n) is 2.21. The standard InChI is InChI=1S/C12H20N2O/c1-12(2,3)10-5-7-11(8-6-10)15-9-14-13-4/h5-8,13-14H,9H2,1-4H3. The topological polar surface area (TPSA) is 33.3 Å². The van der Waals surface area contributed by atoms with E-state index in [1.54, 1.807) is 0 Å². The molecule has 0 heterocycles. The molecule has 0 spiro atoms. The zero-order valence-electron chi connectivity index (χ0n) is 9.92. The van der Waals surface area contributed by atoms with Gasteiger partial charge in [0.15, 0.2) is 6.73 Å². The molecule has 1 aromatic rings. The van der Waals surface area contributed by atoms with Crippen LogP contribution in [0.3, 0.4) is 0 Å². The average molecular weight is 208 g/mol. The fourth-order valence-corrected chi connectivity index (χ4v) is 1.24. The minimum absolute atomic E-state index is 0.196. The Morgan fingerprint density at radius 2 is 1.73 bits per heavy atom.